The molecule has 1 aromatic rings. The Kier molecular flexibility index (Phi) is 4.20. The molecule has 0 spiro atoms. The van der Waals surface area contributed by atoms with Crippen LogP contribution in [0.5, 0.6) is 5.75 Å². The molecule has 0 radical (unpaired) electrons. The normalized spacial score (nSPS) is 20.4. The summed E-state index contributed by atoms with van der Waals surface area (Å²) in [6.45, 7) is 0. The number of nitrogens with two attached hydrogens (primary N) is 1. The molecule has 1 unspecified atom stereocenters. The van der Waals surface area contributed by atoms with E-state index in [0.29, 0.717) is 28.5 Å². The van der Waals surface area contributed by atoms with Crippen LogP contribution in [0.15, 0.2) is 46.3 Å². The number of rotatable bonds is 2. The lowest BCUT2D eigenvalue weighted by atomic mass is 9.83. The van der Waals surface area contributed by atoms with Gasteiger partial charge < -0.3 is 10.5 Å². The van der Waals surface area contributed by atoms with Crippen molar-refractivity contribution in [3.63, 3.8) is 0 Å². The first-order valence-electron chi connectivity index (χ1n) is 7.26. The van der Waals surface area contributed by atoms with Crippen molar-refractivity contribution in [3.8, 4) is 17.9 Å². The fourth-order valence-corrected chi connectivity index (χ4v) is 3.98. The molecule has 2 N–H and O–H groups in total. The third kappa shape index (κ3) is 2.40. The third-order valence-corrected chi connectivity index (χ3v) is 5.11. The zero-order valence-electron chi connectivity index (χ0n) is 12.9. The molecule has 1 aromatic carbocycles. The van der Waals surface area contributed by atoms with E-state index in [0.717, 1.165) is 5.56 Å². The SMILES string of the molecule is COc1ccc(C2C(C#N)=C(N)N3C(=O)CCSC3=C2C#N)cc1. The predicted octanol–water partition coefficient (Wildman–Crippen LogP) is 2.19. The van der Waals surface area contributed by atoms with Gasteiger partial charge in [0.2, 0.25) is 5.91 Å². The fraction of sp³-hybridized carbons (Fsp3) is 0.235. The Morgan fingerprint density at radius 3 is 2.50 bits per heavy atom. The van der Waals surface area contributed by atoms with Gasteiger partial charge in [0.05, 0.1) is 41.3 Å². The number of allylic oxidation sites excluding steroid dienone is 2. The summed E-state index contributed by atoms with van der Waals surface area (Å²) in [5.41, 5.74) is 7.48. The van der Waals surface area contributed by atoms with Crippen molar-refractivity contribution in [1.29, 1.82) is 10.5 Å². The molecule has 1 amide bonds. The Balaban J connectivity index is 2.19. The van der Waals surface area contributed by atoms with Gasteiger partial charge in [0.25, 0.3) is 0 Å². The van der Waals surface area contributed by atoms with E-state index >= 15 is 0 Å². The molecule has 7 heteroatoms. The second-order valence-corrected chi connectivity index (χ2v) is 6.36. The van der Waals surface area contributed by atoms with Crippen molar-refractivity contribution in [1.82, 2.24) is 4.90 Å². The Labute approximate surface area is 143 Å². The summed E-state index contributed by atoms with van der Waals surface area (Å²) in [5, 5.41) is 19.8. The number of ether oxygens (including phenoxy) is 1. The summed E-state index contributed by atoms with van der Waals surface area (Å²) < 4.78 is 5.15. The van der Waals surface area contributed by atoms with Crippen molar-refractivity contribution in [2.75, 3.05) is 12.9 Å². The number of benzene rings is 1. The molecule has 0 aromatic heterocycles. The predicted molar refractivity (Wildman–Crippen MR) is 89.1 cm³/mol. The molecule has 1 atom stereocenters. The zero-order valence-corrected chi connectivity index (χ0v) is 13.8. The monoisotopic (exact) mass is 338 g/mol. The summed E-state index contributed by atoms with van der Waals surface area (Å²) >= 11 is 1.42. The van der Waals surface area contributed by atoms with Gasteiger partial charge in [0.1, 0.15) is 11.6 Å². The maximum Gasteiger partial charge on any atom is 0.233 e. The van der Waals surface area contributed by atoms with Crippen LogP contribution in [0.25, 0.3) is 0 Å². The van der Waals surface area contributed by atoms with E-state index in [1.807, 2.05) is 0 Å². The lowest BCUT2D eigenvalue weighted by Gasteiger charge is -2.36. The second kappa shape index (κ2) is 6.31. The summed E-state index contributed by atoms with van der Waals surface area (Å²) in [4.78, 5) is 13.5. The van der Waals surface area contributed by atoms with Crippen LogP contribution in [0.4, 0.5) is 0 Å². The quantitative estimate of drug-likeness (QED) is 0.886. The number of methoxy groups -OCH3 is 1. The van der Waals surface area contributed by atoms with Gasteiger partial charge in [-0.2, -0.15) is 10.5 Å². The number of fused-ring (bicyclic) bond motifs is 1. The van der Waals surface area contributed by atoms with E-state index in [1.54, 1.807) is 31.4 Å². The highest BCUT2D eigenvalue weighted by Crippen LogP contribution is 2.45. The maximum absolute atomic E-state index is 12.2. The molecule has 120 valence electrons. The number of nitrogens with zero attached hydrogens (tertiary/aromatic N) is 3. The van der Waals surface area contributed by atoms with Gasteiger partial charge in [-0.15, -0.1) is 11.8 Å². The van der Waals surface area contributed by atoms with Crippen molar-refractivity contribution in [2.24, 2.45) is 5.73 Å². The number of carbonyl (C=O) groups excluding carboxylic acids is 1. The number of amides is 1. The van der Waals surface area contributed by atoms with E-state index in [2.05, 4.69) is 12.1 Å². The number of thioether (sulfide) groups is 1. The molecule has 2 heterocycles. The van der Waals surface area contributed by atoms with E-state index in [9.17, 15) is 15.3 Å². The molecule has 2 aliphatic rings. The van der Waals surface area contributed by atoms with E-state index < -0.39 is 5.92 Å². The summed E-state index contributed by atoms with van der Waals surface area (Å²) in [6.07, 6.45) is 0.333. The molecule has 0 saturated carbocycles. The zero-order chi connectivity index (χ0) is 17.3. The van der Waals surface area contributed by atoms with Gasteiger partial charge in [0, 0.05) is 12.2 Å². The highest BCUT2D eigenvalue weighted by atomic mass is 32.2. The Hall–Kier alpha value is -2.90. The van der Waals surface area contributed by atoms with Crippen LogP contribution in [0.1, 0.15) is 17.9 Å². The fourth-order valence-electron chi connectivity index (χ4n) is 2.87. The van der Waals surface area contributed by atoms with Crippen LogP contribution in [0.3, 0.4) is 0 Å². The van der Waals surface area contributed by atoms with E-state index in [1.165, 1.54) is 16.7 Å². The number of hydrogen-bond donors (Lipinski definition) is 1. The molecule has 6 nitrogen and oxygen atoms in total. The second-order valence-electron chi connectivity index (χ2n) is 5.28. The van der Waals surface area contributed by atoms with Crippen LogP contribution in [-0.2, 0) is 4.79 Å². The van der Waals surface area contributed by atoms with Gasteiger partial charge >= 0.3 is 0 Å². The summed E-state index contributed by atoms with van der Waals surface area (Å²) in [6, 6.07) is 11.4. The highest BCUT2D eigenvalue weighted by molar-refractivity contribution is 8.03. The first kappa shape index (κ1) is 16.0. The molecule has 0 bridgehead atoms. The minimum atomic E-state index is -0.574. The van der Waals surface area contributed by atoms with Crippen LogP contribution in [-0.4, -0.2) is 23.7 Å². The molecule has 1 fully saturated rings. The van der Waals surface area contributed by atoms with E-state index in [-0.39, 0.29) is 17.3 Å². The molecule has 24 heavy (non-hydrogen) atoms. The van der Waals surface area contributed by atoms with Crippen molar-refractivity contribution in [3.05, 3.63) is 51.8 Å². The number of carbonyl (C=O) groups is 1. The van der Waals surface area contributed by atoms with Gasteiger partial charge in [-0.1, -0.05) is 12.1 Å². The smallest absolute Gasteiger partial charge is 0.233 e. The molecular formula is C17H14N4O2S. The standard InChI is InChI=1S/C17H14N4O2S/c1-23-11-4-2-10(3-5-11)15-12(8-18)16(20)21-14(22)6-7-24-17(21)13(15)9-19/h2-5,15H,6-7,20H2,1H3. The summed E-state index contributed by atoms with van der Waals surface area (Å²) in [5.74, 6) is 0.635. The van der Waals surface area contributed by atoms with Crippen LogP contribution < -0.4 is 10.5 Å². The first-order chi connectivity index (χ1) is 11.6. The van der Waals surface area contributed by atoms with E-state index in [4.69, 9.17) is 10.5 Å². The average molecular weight is 338 g/mol. The lowest BCUT2D eigenvalue weighted by Crippen LogP contribution is -2.40. The minimum Gasteiger partial charge on any atom is -0.497 e. The van der Waals surface area contributed by atoms with Crippen LogP contribution in [0.2, 0.25) is 0 Å². The molecular weight excluding hydrogens is 324 g/mol. The van der Waals surface area contributed by atoms with Crippen molar-refractivity contribution in [2.45, 2.75) is 12.3 Å². The van der Waals surface area contributed by atoms with Crippen molar-refractivity contribution < 1.29 is 9.53 Å². The van der Waals surface area contributed by atoms with Gasteiger partial charge in [0.15, 0.2) is 0 Å². The van der Waals surface area contributed by atoms with Gasteiger partial charge in [-0.05, 0) is 17.7 Å². The average Bonchev–Trinajstić information content (AvgIpc) is 2.61. The molecule has 3 rings (SSSR count). The van der Waals surface area contributed by atoms with Crippen LogP contribution >= 0.6 is 11.8 Å². The Morgan fingerprint density at radius 2 is 1.92 bits per heavy atom. The van der Waals surface area contributed by atoms with Crippen LogP contribution in [0, 0.1) is 22.7 Å². The van der Waals surface area contributed by atoms with Gasteiger partial charge in [-0.25, -0.2) is 0 Å². The summed E-state index contributed by atoms with van der Waals surface area (Å²) in [7, 11) is 1.57. The number of nitriles is 2. The minimum absolute atomic E-state index is 0.115. The highest BCUT2D eigenvalue weighted by Gasteiger charge is 2.40. The third-order valence-electron chi connectivity index (χ3n) is 4.02. The first-order valence-corrected chi connectivity index (χ1v) is 8.24. The lowest BCUT2D eigenvalue weighted by molar-refractivity contribution is -0.127. The topological polar surface area (TPSA) is 103 Å². The largest absolute Gasteiger partial charge is 0.497 e. The molecule has 2 aliphatic heterocycles. The Bertz CT molecular complexity index is 843. The molecule has 0 aliphatic carbocycles. The Morgan fingerprint density at radius 1 is 1.25 bits per heavy atom. The van der Waals surface area contributed by atoms with Gasteiger partial charge in [-0.3, -0.25) is 9.69 Å². The number of hydrogen-bond acceptors (Lipinski definition) is 6. The van der Waals surface area contributed by atoms with Crippen molar-refractivity contribution >= 4 is 17.7 Å². The molecule has 1 saturated heterocycles. The maximum atomic E-state index is 12.2.